The molecule has 44 valence electrons. The van der Waals surface area contributed by atoms with Crippen molar-refractivity contribution < 1.29 is 10.3 Å². The quantitative estimate of drug-likeness (QED) is 0.385. The van der Waals surface area contributed by atoms with Crippen LogP contribution in [0.1, 0.15) is 0 Å². The second kappa shape index (κ2) is 1.29. The number of hydrogen-bond donors (Lipinski definition) is 3. The Hall–Kier alpha value is -1.39. The topological polar surface area (TPSA) is 78.2 Å². The van der Waals surface area contributed by atoms with Gasteiger partial charge in [0.1, 0.15) is 0 Å². The molecule has 0 unspecified atom stereocenters. The van der Waals surface area contributed by atoms with Crippen LogP contribution in [0.5, 0.6) is 5.88 Å². The standard InChI is InChI=1S/C3H4N2O3/c6-2-1-4-3(7)5(2)8/h1,6,8H,(H,4,7). The van der Waals surface area contributed by atoms with Gasteiger partial charge in [-0.1, -0.05) is 4.73 Å². The molecule has 0 aromatic carbocycles. The summed E-state index contributed by atoms with van der Waals surface area (Å²) >= 11 is 0. The summed E-state index contributed by atoms with van der Waals surface area (Å²) in [4.78, 5) is 12.2. The van der Waals surface area contributed by atoms with E-state index in [9.17, 15) is 4.79 Å². The second-order valence-corrected chi connectivity index (χ2v) is 1.26. The van der Waals surface area contributed by atoms with Gasteiger partial charge in [-0.05, 0) is 0 Å². The average molecular weight is 116 g/mol. The Balaban J connectivity index is 3.41. The summed E-state index contributed by atoms with van der Waals surface area (Å²) in [5, 5.41) is 16.8. The molecule has 0 aliphatic heterocycles. The minimum absolute atomic E-state index is 0.111. The third-order valence-electron chi connectivity index (χ3n) is 0.734. The molecule has 0 amide bonds. The first kappa shape index (κ1) is 4.76. The Bertz CT molecular complexity index is 235. The minimum atomic E-state index is -0.748. The third-order valence-corrected chi connectivity index (χ3v) is 0.734. The van der Waals surface area contributed by atoms with E-state index < -0.39 is 11.6 Å². The van der Waals surface area contributed by atoms with Crippen molar-refractivity contribution in [3.63, 3.8) is 0 Å². The molecule has 0 saturated heterocycles. The van der Waals surface area contributed by atoms with Crippen molar-refractivity contribution in [2.24, 2.45) is 0 Å². The lowest BCUT2D eigenvalue weighted by Crippen LogP contribution is -2.12. The number of nitrogens with one attached hydrogen (secondary N) is 1. The van der Waals surface area contributed by atoms with Crippen molar-refractivity contribution in [3.8, 4) is 5.88 Å². The number of H-pyrrole nitrogens is 1. The summed E-state index contributed by atoms with van der Waals surface area (Å²) < 4.78 is 0.111. The van der Waals surface area contributed by atoms with Crippen molar-refractivity contribution in [1.82, 2.24) is 9.71 Å². The van der Waals surface area contributed by atoms with Crippen LogP contribution in [-0.4, -0.2) is 20.0 Å². The zero-order valence-electron chi connectivity index (χ0n) is 3.83. The van der Waals surface area contributed by atoms with Crippen molar-refractivity contribution in [3.05, 3.63) is 16.7 Å². The summed E-state index contributed by atoms with van der Waals surface area (Å²) in [5.74, 6) is -0.491. The van der Waals surface area contributed by atoms with Gasteiger partial charge in [-0.25, -0.2) is 4.79 Å². The number of aromatic hydroxyl groups is 1. The Morgan fingerprint density at radius 3 is 2.50 bits per heavy atom. The van der Waals surface area contributed by atoms with Gasteiger partial charge in [0, 0.05) is 0 Å². The largest absolute Gasteiger partial charge is 0.491 e. The Labute approximate surface area is 43.8 Å². The van der Waals surface area contributed by atoms with Crippen LogP contribution in [-0.2, 0) is 0 Å². The number of imidazole rings is 1. The Morgan fingerprint density at radius 1 is 1.75 bits per heavy atom. The summed E-state index contributed by atoms with van der Waals surface area (Å²) in [5.41, 5.74) is -0.748. The van der Waals surface area contributed by atoms with E-state index in [1.807, 2.05) is 4.98 Å². The van der Waals surface area contributed by atoms with E-state index in [4.69, 9.17) is 10.3 Å². The summed E-state index contributed by atoms with van der Waals surface area (Å²) in [6.07, 6.45) is 0.988. The third kappa shape index (κ3) is 0.446. The molecule has 5 heteroatoms. The van der Waals surface area contributed by atoms with E-state index in [-0.39, 0.29) is 4.73 Å². The number of hydrogen-bond acceptors (Lipinski definition) is 3. The maximum Gasteiger partial charge on any atom is 0.361 e. The van der Waals surface area contributed by atoms with Crippen LogP contribution in [0.25, 0.3) is 0 Å². The molecule has 3 N–H and O–H groups in total. The summed E-state index contributed by atoms with van der Waals surface area (Å²) in [6.45, 7) is 0. The number of aromatic nitrogens is 2. The van der Waals surface area contributed by atoms with Gasteiger partial charge >= 0.3 is 5.69 Å². The van der Waals surface area contributed by atoms with E-state index in [0.717, 1.165) is 6.20 Å². The predicted molar refractivity (Wildman–Crippen MR) is 23.9 cm³/mol. The fraction of sp³-hybridized carbons (Fsp3) is 0. The van der Waals surface area contributed by atoms with Crippen molar-refractivity contribution in [1.29, 1.82) is 0 Å². The fourth-order valence-electron chi connectivity index (χ4n) is 0.353. The Morgan fingerprint density at radius 2 is 2.38 bits per heavy atom. The van der Waals surface area contributed by atoms with Gasteiger partial charge in [-0.2, -0.15) is 0 Å². The smallest absolute Gasteiger partial charge is 0.361 e. The predicted octanol–water partition coefficient (Wildman–Crippen LogP) is -0.881. The highest BCUT2D eigenvalue weighted by Gasteiger charge is 1.97. The first-order valence-electron chi connectivity index (χ1n) is 1.90. The molecule has 0 bridgehead atoms. The minimum Gasteiger partial charge on any atom is -0.491 e. The molecular weight excluding hydrogens is 112 g/mol. The highest BCUT2D eigenvalue weighted by molar-refractivity contribution is 4.99. The maximum atomic E-state index is 10.1. The molecule has 0 fully saturated rings. The van der Waals surface area contributed by atoms with Gasteiger partial charge < -0.3 is 15.3 Å². The zero-order chi connectivity index (χ0) is 6.15. The van der Waals surface area contributed by atoms with Gasteiger partial charge in [0.25, 0.3) is 0 Å². The van der Waals surface area contributed by atoms with Gasteiger partial charge in [0.2, 0.25) is 5.88 Å². The van der Waals surface area contributed by atoms with E-state index in [0.29, 0.717) is 0 Å². The van der Waals surface area contributed by atoms with Crippen LogP contribution in [0.2, 0.25) is 0 Å². The molecule has 8 heavy (non-hydrogen) atoms. The maximum absolute atomic E-state index is 10.1. The lowest BCUT2D eigenvalue weighted by molar-refractivity contribution is 0.146. The van der Waals surface area contributed by atoms with Crippen LogP contribution in [0.4, 0.5) is 0 Å². The van der Waals surface area contributed by atoms with Crippen molar-refractivity contribution in [2.75, 3.05) is 0 Å². The molecule has 1 heterocycles. The highest BCUT2D eigenvalue weighted by Crippen LogP contribution is 1.96. The highest BCUT2D eigenvalue weighted by atomic mass is 16.5. The molecule has 1 aromatic heterocycles. The first-order valence-corrected chi connectivity index (χ1v) is 1.90. The van der Waals surface area contributed by atoms with E-state index in [1.165, 1.54) is 0 Å². The number of nitrogens with zero attached hydrogens (tertiary/aromatic N) is 1. The van der Waals surface area contributed by atoms with Crippen molar-refractivity contribution >= 4 is 0 Å². The van der Waals surface area contributed by atoms with Gasteiger partial charge in [0.05, 0.1) is 6.20 Å². The molecule has 5 nitrogen and oxygen atoms in total. The molecule has 1 rings (SSSR count). The molecular formula is C3H4N2O3. The lowest BCUT2D eigenvalue weighted by atomic mass is 10.9. The lowest BCUT2D eigenvalue weighted by Gasteiger charge is -1.84. The monoisotopic (exact) mass is 116 g/mol. The molecule has 1 aromatic rings. The number of rotatable bonds is 0. The molecule has 0 atom stereocenters. The summed E-state index contributed by atoms with van der Waals surface area (Å²) in [6, 6.07) is 0. The average Bonchev–Trinajstić information content (AvgIpc) is 1.98. The van der Waals surface area contributed by atoms with E-state index in [2.05, 4.69) is 0 Å². The van der Waals surface area contributed by atoms with Crippen LogP contribution < -0.4 is 5.69 Å². The van der Waals surface area contributed by atoms with Gasteiger partial charge in [-0.15, -0.1) is 0 Å². The fourth-order valence-corrected chi connectivity index (χ4v) is 0.353. The van der Waals surface area contributed by atoms with Crippen LogP contribution in [0.15, 0.2) is 11.0 Å². The Kier molecular flexibility index (Phi) is 0.768. The molecule has 0 saturated carbocycles. The second-order valence-electron chi connectivity index (χ2n) is 1.26. The van der Waals surface area contributed by atoms with Gasteiger partial charge in [-0.3, -0.25) is 0 Å². The number of aromatic amines is 1. The molecule has 0 spiro atoms. The van der Waals surface area contributed by atoms with Crippen LogP contribution in [0, 0.1) is 0 Å². The van der Waals surface area contributed by atoms with Gasteiger partial charge in [0.15, 0.2) is 0 Å². The van der Waals surface area contributed by atoms with E-state index >= 15 is 0 Å². The molecule has 0 aliphatic rings. The first-order chi connectivity index (χ1) is 3.72. The van der Waals surface area contributed by atoms with Crippen LogP contribution >= 0.6 is 0 Å². The zero-order valence-corrected chi connectivity index (χ0v) is 3.83. The van der Waals surface area contributed by atoms with Crippen LogP contribution in [0.3, 0.4) is 0 Å². The van der Waals surface area contributed by atoms with E-state index in [1.54, 1.807) is 0 Å². The normalized spacial score (nSPS) is 9.50. The summed E-state index contributed by atoms with van der Waals surface area (Å²) in [7, 11) is 0. The van der Waals surface area contributed by atoms with Crippen molar-refractivity contribution in [2.45, 2.75) is 0 Å². The molecule has 0 aliphatic carbocycles. The SMILES string of the molecule is O=c1[nH]cc(O)n1O. The molecule has 0 radical (unpaired) electrons.